The summed E-state index contributed by atoms with van der Waals surface area (Å²) in [5.41, 5.74) is 2.92. The Hall–Kier alpha value is -2.33. The number of rotatable bonds is 3. The quantitative estimate of drug-likeness (QED) is 0.526. The van der Waals surface area contributed by atoms with Crippen LogP contribution in [-0.2, 0) is 6.54 Å². The minimum absolute atomic E-state index is 0.0528. The highest BCUT2D eigenvalue weighted by Crippen LogP contribution is 2.26. The molecule has 5 heteroatoms. The smallest absolute Gasteiger partial charge is 0.275 e. The molecule has 0 aliphatic heterocycles. The molecule has 0 fully saturated rings. The highest BCUT2D eigenvalue weighted by atomic mass is 35.5. The fourth-order valence-corrected chi connectivity index (χ4v) is 2.62. The Kier molecular flexibility index (Phi) is 3.39. The van der Waals surface area contributed by atoms with Crippen LogP contribution in [0.2, 0.25) is 5.02 Å². The third kappa shape index (κ3) is 2.62. The monoisotopic (exact) mass is 300 g/mol. The van der Waals surface area contributed by atoms with E-state index in [1.54, 1.807) is 12.1 Å². The van der Waals surface area contributed by atoms with Gasteiger partial charge in [-0.05, 0) is 42.1 Å². The second-order valence-electron chi connectivity index (χ2n) is 5.04. The molecule has 2 aromatic carbocycles. The zero-order chi connectivity index (χ0) is 15.0. The van der Waals surface area contributed by atoms with Crippen LogP contribution >= 0.6 is 11.6 Å². The van der Waals surface area contributed by atoms with Crippen LogP contribution in [0.15, 0.2) is 48.7 Å². The first-order chi connectivity index (χ1) is 10.0. The van der Waals surface area contributed by atoms with E-state index in [1.165, 1.54) is 6.07 Å². The lowest BCUT2D eigenvalue weighted by molar-refractivity contribution is -0.385. The number of hydrogen-bond acceptors (Lipinski definition) is 2. The predicted octanol–water partition coefficient (Wildman–Crippen LogP) is 4.56. The predicted molar refractivity (Wildman–Crippen MR) is 83.9 cm³/mol. The van der Waals surface area contributed by atoms with E-state index in [0.717, 1.165) is 16.5 Å². The Morgan fingerprint density at radius 3 is 2.76 bits per heavy atom. The minimum Gasteiger partial charge on any atom is -0.343 e. The van der Waals surface area contributed by atoms with Crippen molar-refractivity contribution >= 4 is 28.2 Å². The average Bonchev–Trinajstić information content (AvgIpc) is 2.83. The Balaban J connectivity index is 2.06. The molecule has 21 heavy (non-hydrogen) atoms. The van der Waals surface area contributed by atoms with Crippen LogP contribution in [0.25, 0.3) is 10.9 Å². The number of nitrogens with zero attached hydrogens (tertiary/aromatic N) is 2. The van der Waals surface area contributed by atoms with Crippen LogP contribution in [0, 0.1) is 17.0 Å². The van der Waals surface area contributed by atoms with Gasteiger partial charge in [0.25, 0.3) is 5.69 Å². The van der Waals surface area contributed by atoms with Crippen molar-refractivity contribution < 1.29 is 4.92 Å². The summed E-state index contributed by atoms with van der Waals surface area (Å²) in [4.78, 5) is 10.8. The van der Waals surface area contributed by atoms with Gasteiger partial charge in [-0.25, -0.2) is 0 Å². The fraction of sp³-hybridized carbons (Fsp3) is 0.125. The molecule has 0 atom stereocenters. The first-order valence-electron chi connectivity index (χ1n) is 6.53. The van der Waals surface area contributed by atoms with Crippen molar-refractivity contribution in [1.29, 1.82) is 0 Å². The molecule has 0 N–H and O–H groups in total. The van der Waals surface area contributed by atoms with E-state index in [1.807, 2.05) is 23.8 Å². The molecule has 3 aromatic rings. The van der Waals surface area contributed by atoms with Crippen molar-refractivity contribution in [2.75, 3.05) is 0 Å². The topological polar surface area (TPSA) is 48.1 Å². The molecule has 0 unspecified atom stereocenters. The summed E-state index contributed by atoms with van der Waals surface area (Å²) in [6, 6.07) is 13.0. The molecular weight excluding hydrogens is 288 g/mol. The van der Waals surface area contributed by atoms with Crippen LogP contribution < -0.4 is 0 Å². The maximum absolute atomic E-state index is 11.2. The van der Waals surface area contributed by atoms with Crippen LogP contribution in [0.4, 0.5) is 5.69 Å². The number of hydrogen-bond donors (Lipinski definition) is 0. The number of fused-ring (bicyclic) bond motifs is 1. The summed E-state index contributed by atoms with van der Waals surface area (Å²) in [6.45, 7) is 2.47. The summed E-state index contributed by atoms with van der Waals surface area (Å²) >= 11 is 5.85. The minimum atomic E-state index is -0.391. The van der Waals surface area contributed by atoms with E-state index >= 15 is 0 Å². The molecule has 106 valence electrons. The first-order valence-corrected chi connectivity index (χ1v) is 6.91. The summed E-state index contributed by atoms with van der Waals surface area (Å²) in [6.07, 6.45) is 1.95. The number of benzene rings is 2. The summed E-state index contributed by atoms with van der Waals surface area (Å²) in [7, 11) is 0. The SMILES string of the molecule is Cc1ccc2ccn(Cc3ccc(Cl)cc3[N+](=O)[O-])c2c1. The van der Waals surface area contributed by atoms with Gasteiger partial charge in [0, 0.05) is 28.4 Å². The van der Waals surface area contributed by atoms with Gasteiger partial charge in [0.05, 0.1) is 11.5 Å². The van der Waals surface area contributed by atoms with Gasteiger partial charge in [0.15, 0.2) is 0 Å². The van der Waals surface area contributed by atoms with Gasteiger partial charge in [-0.2, -0.15) is 0 Å². The van der Waals surface area contributed by atoms with Crippen molar-refractivity contribution in [3.63, 3.8) is 0 Å². The van der Waals surface area contributed by atoms with Crippen LogP contribution in [0.3, 0.4) is 0 Å². The van der Waals surface area contributed by atoms with E-state index in [-0.39, 0.29) is 5.69 Å². The standard InChI is InChI=1S/C16H13ClN2O2/c1-11-2-3-12-6-7-18(15(12)8-11)10-13-4-5-14(17)9-16(13)19(20)21/h2-9H,10H2,1H3. The molecule has 3 rings (SSSR count). The molecule has 0 bridgehead atoms. The van der Waals surface area contributed by atoms with Crippen molar-refractivity contribution in [1.82, 2.24) is 4.57 Å². The Morgan fingerprint density at radius 2 is 2.00 bits per heavy atom. The fourth-order valence-electron chi connectivity index (χ4n) is 2.46. The molecule has 0 radical (unpaired) electrons. The highest BCUT2D eigenvalue weighted by molar-refractivity contribution is 6.30. The lowest BCUT2D eigenvalue weighted by Crippen LogP contribution is -2.02. The van der Waals surface area contributed by atoms with Gasteiger partial charge in [0.1, 0.15) is 0 Å². The number of nitro benzene ring substituents is 1. The Bertz CT molecular complexity index is 839. The van der Waals surface area contributed by atoms with Crippen molar-refractivity contribution in [2.45, 2.75) is 13.5 Å². The number of halogens is 1. The zero-order valence-corrected chi connectivity index (χ0v) is 12.2. The first kappa shape index (κ1) is 13.6. The zero-order valence-electron chi connectivity index (χ0n) is 11.4. The highest BCUT2D eigenvalue weighted by Gasteiger charge is 2.15. The van der Waals surface area contributed by atoms with Gasteiger partial charge in [-0.15, -0.1) is 0 Å². The van der Waals surface area contributed by atoms with E-state index < -0.39 is 4.92 Å². The van der Waals surface area contributed by atoms with Crippen LogP contribution in [0.5, 0.6) is 0 Å². The molecule has 0 saturated heterocycles. The second kappa shape index (κ2) is 5.22. The average molecular weight is 301 g/mol. The van der Waals surface area contributed by atoms with Crippen LogP contribution in [-0.4, -0.2) is 9.49 Å². The summed E-state index contributed by atoms with van der Waals surface area (Å²) < 4.78 is 2.01. The van der Waals surface area contributed by atoms with Crippen molar-refractivity contribution in [3.8, 4) is 0 Å². The van der Waals surface area contributed by atoms with Crippen molar-refractivity contribution in [2.24, 2.45) is 0 Å². The van der Waals surface area contributed by atoms with Gasteiger partial charge < -0.3 is 4.57 Å². The summed E-state index contributed by atoms with van der Waals surface area (Å²) in [5.74, 6) is 0. The molecule has 0 aliphatic carbocycles. The summed E-state index contributed by atoms with van der Waals surface area (Å²) in [5, 5.41) is 12.7. The molecular formula is C16H13ClN2O2. The Morgan fingerprint density at radius 1 is 1.19 bits per heavy atom. The lowest BCUT2D eigenvalue weighted by Gasteiger charge is -2.07. The molecule has 0 aliphatic rings. The molecule has 0 saturated carbocycles. The third-order valence-corrected chi connectivity index (χ3v) is 3.75. The molecule has 1 heterocycles. The van der Waals surface area contributed by atoms with Gasteiger partial charge in [-0.1, -0.05) is 23.7 Å². The van der Waals surface area contributed by atoms with Gasteiger partial charge in [-0.3, -0.25) is 10.1 Å². The normalized spacial score (nSPS) is 11.0. The van der Waals surface area contributed by atoms with E-state index in [2.05, 4.69) is 18.2 Å². The molecule has 1 aromatic heterocycles. The lowest BCUT2D eigenvalue weighted by atomic mass is 10.1. The van der Waals surface area contributed by atoms with Gasteiger partial charge >= 0.3 is 0 Å². The number of nitro groups is 1. The van der Waals surface area contributed by atoms with Crippen molar-refractivity contribution in [3.05, 3.63) is 74.9 Å². The second-order valence-corrected chi connectivity index (χ2v) is 5.47. The van der Waals surface area contributed by atoms with Gasteiger partial charge in [0.2, 0.25) is 0 Å². The Labute approximate surface area is 126 Å². The van der Waals surface area contributed by atoms with Crippen LogP contribution in [0.1, 0.15) is 11.1 Å². The van der Waals surface area contributed by atoms with E-state index in [9.17, 15) is 10.1 Å². The number of aromatic nitrogens is 1. The molecule has 0 amide bonds. The largest absolute Gasteiger partial charge is 0.343 e. The number of aryl methyl sites for hydroxylation is 1. The maximum atomic E-state index is 11.2. The third-order valence-electron chi connectivity index (χ3n) is 3.51. The van der Waals surface area contributed by atoms with E-state index in [4.69, 9.17) is 11.6 Å². The van der Waals surface area contributed by atoms with E-state index in [0.29, 0.717) is 17.1 Å². The molecule has 0 spiro atoms. The maximum Gasteiger partial charge on any atom is 0.275 e. The molecule has 4 nitrogen and oxygen atoms in total.